The van der Waals surface area contributed by atoms with Gasteiger partial charge in [0.2, 0.25) is 0 Å². The van der Waals surface area contributed by atoms with Crippen molar-refractivity contribution < 1.29 is 27.4 Å². The van der Waals surface area contributed by atoms with Crippen molar-refractivity contribution in [3.8, 4) is 0 Å². The van der Waals surface area contributed by atoms with Gasteiger partial charge in [0.1, 0.15) is 5.60 Å². The van der Waals surface area contributed by atoms with Crippen LogP contribution in [0.1, 0.15) is 33.6 Å². The second kappa shape index (κ2) is 4.54. The summed E-state index contributed by atoms with van der Waals surface area (Å²) in [5.41, 5.74) is -0.731. The Bertz CT molecular complexity index is 364. The van der Waals surface area contributed by atoms with Crippen molar-refractivity contribution in [3.05, 3.63) is 0 Å². The SMILES string of the molecule is CC(C)(C)OC(=O)N[C@@H]1CC2OC2C[C@H]1C(F)(F)F. The van der Waals surface area contributed by atoms with E-state index in [0.29, 0.717) is 0 Å². The van der Waals surface area contributed by atoms with E-state index in [9.17, 15) is 18.0 Å². The van der Waals surface area contributed by atoms with Crippen molar-refractivity contribution in [2.24, 2.45) is 5.92 Å². The lowest BCUT2D eigenvalue weighted by atomic mass is 9.84. The maximum absolute atomic E-state index is 12.9. The molecule has 0 aromatic carbocycles. The van der Waals surface area contributed by atoms with E-state index in [1.165, 1.54) is 0 Å². The molecule has 1 aliphatic heterocycles. The van der Waals surface area contributed by atoms with Gasteiger partial charge < -0.3 is 14.8 Å². The second-order valence-corrected chi connectivity index (χ2v) is 6.09. The number of hydrogen-bond donors (Lipinski definition) is 1. The highest BCUT2D eigenvalue weighted by atomic mass is 19.4. The summed E-state index contributed by atoms with van der Waals surface area (Å²) in [6.45, 7) is 4.98. The van der Waals surface area contributed by atoms with Crippen LogP contribution in [-0.2, 0) is 9.47 Å². The fourth-order valence-electron chi connectivity index (χ4n) is 2.40. The van der Waals surface area contributed by atoms with Crippen molar-refractivity contribution in [1.82, 2.24) is 5.32 Å². The van der Waals surface area contributed by atoms with Gasteiger partial charge in [0.05, 0.1) is 18.1 Å². The van der Waals surface area contributed by atoms with Crippen LogP contribution in [0, 0.1) is 5.92 Å². The summed E-state index contributed by atoms with van der Waals surface area (Å²) >= 11 is 0. The number of hydrogen-bond acceptors (Lipinski definition) is 3. The first-order valence-corrected chi connectivity index (χ1v) is 6.28. The minimum atomic E-state index is -4.34. The third kappa shape index (κ3) is 3.75. The molecule has 2 fully saturated rings. The Kier molecular flexibility index (Phi) is 3.45. The van der Waals surface area contributed by atoms with Crippen LogP contribution in [-0.4, -0.2) is 36.1 Å². The van der Waals surface area contributed by atoms with Gasteiger partial charge in [0, 0.05) is 6.04 Å². The second-order valence-electron chi connectivity index (χ2n) is 6.09. The molecular formula is C12H18F3NO3. The molecule has 4 atom stereocenters. The highest BCUT2D eigenvalue weighted by molar-refractivity contribution is 5.68. The monoisotopic (exact) mass is 281 g/mol. The molecule has 1 amide bonds. The number of alkyl halides is 3. The van der Waals surface area contributed by atoms with Crippen LogP contribution in [0.3, 0.4) is 0 Å². The number of fused-ring (bicyclic) bond motifs is 1. The largest absolute Gasteiger partial charge is 0.444 e. The fourth-order valence-corrected chi connectivity index (χ4v) is 2.40. The maximum Gasteiger partial charge on any atom is 0.407 e. The molecule has 0 aromatic rings. The van der Waals surface area contributed by atoms with Gasteiger partial charge in [-0.25, -0.2) is 4.79 Å². The molecule has 0 radical (unpaired) electrons. The van der Waals surface area contributed by atoms with Crippen LogP contribution >= 0.6 is 0 Å². The van der Waals surface area contributed by atoms with Gasteiger partial charge in [0.15, 0.2) is 0 Å². The predicted molar refractivity (Wildman–Crippen MR) is 60.6 cm³/mol. The highest BCUT2D eigenvalue weighted by Gasteiger charge is 2.57. The lowest BCUT2D eigenvalue weighted by Gasteiger charge is -2.32. The maximum atomic E-state index is 12.9. The predicted octanol–water partition coefficient (Wildman–Crippen LogP) is 2.62. The van der Waals surface area contributed by atoms with Gasteiger partial charge >= 0.3 is 12.3 Å². The van der Waals surface area contributed by atoms with Crippen molar-refractivity contribution >= 4 is 6.09 Å². The first-order valence-electron chi connectivity index (χ1n) is 6.28. The van der Waals surface area contributed by atoms with Crippen molar-refractivity contribution in [1.29, 1.82) is 0 Å². The van der Waals surface area contributed by atoms with E-state index in [1.807, 2.05) is 0 Å². The van der Waals surface area contributed by atoms with Crippen LogP contribution < -0.4 is 5.32 Å². The van der Waals surface area contributed by atoms with E-state index in [2.05, 4.69) is 5.32 Å². The van der Waals surface area contributed by atoms with E-state index >= 15 is 0 Å². The number of carbonyl (C=O) groups is 1. The summed E-state index contributed by atoms with van der Waals surface area (Å²) in [7, 11) is 0. The number of alkyl carbamates (subject to hydrolysis) is 1. The summed E-state index contributed by atoms with van der Waals surface area (Å²) < 4.78 is 48.9. The zero-order valence-electron chi connectivity index (χ0n) is 11.1. The molecule has 1 saturated carbocycles. The fraction of sp³-hybridized carbons (Fsp3) is 0.917. The molecule has 2 unspecified atom stereocenters. The number of carbonyl (C=O) groups excluding carboxylic acids is 1. The Labute approximate surface area is 109 Å². The smallest absolute Gasteiger partial charge is 0.407 e. The third-order valence-corrected chi connectivity index (χ3v) is 3.27. The molecule has 1 aliphatic carbocycles. The number of amides is 1. The van der Waals surface area contributed by atoms with Crippen LogP contribution in [0.4, 0.5) is 18.0 Å². The van der Waals surface area contributed by atoms with E-state index < -0.39 is 29.8 Å². The Morgan fingerprint density at radius 2 is 1.79 bits per heavy atom. The van der Waals surface area contributed by atoms with Crippen LogP contribution in [0.5, 0.6) is 0 Å². The van der Waals surface area contributed by atoms with Crippen LogP contribution in [0.2, 0.25) is 0 Å². The molecule has 0 spiro atoms. The number of rotatable bonds is 1. The van der Waals surface area contributed by atoms with Gasteiger partial charge in [-0.2, -0.15) is 13.2 Å². The lowest BCUT2D eigenvalue weighted by molar-refractivity contribution is -0.186. The van der Waals surface area contributed by atoms with E-state index in [4.69, 9.17) is 9.47 Å². The lowest BCUT2D eigenvalue weighted by Crippen LogP contribution is -2.50. The Morgan fingerprint density at radius 1 is 1.21 bits per heavy atom. The molecule has 2 aliphatic rings. The Hall–Kier alpha value is -0.980. The summed E-state index contributed by atoms with van der Waals surface area (Å²) in [6.07, 6.45) is -5.51. The van der Waals surface area contributed by atoms with E-state index in [-0.39, 0.29) is 25.0 Å². The van der Waals surface area contributed by atoms with Gasteiger partial charge in [0.25, 0.3) is 0 Å². The zero-order valence-corrected chi connectivity index (χ0v) is 11.1. The van der Waals surface area contributed by atoms with Crippen LogP contribution in [0.25, 0.3) is 0 Å². The molecule has 4 nitrogen and oxygen atoms in total. The summed E-state index contributed by atoms with van der Waals surface area (Å²) in [5.74, 6) is -1.57. The molecule has 7 heteroatoms. The molecule has 0 aromatic heterocycles. The topological polar surface area (TPSA) is 50.9 Å². The average Bonchev–Trinajstić information content (AvgIpc) is 2.89. The number of halogens is 3. The van der Waals surface area contributed by atoms with Crippen molar-refractivity contribution in [2.75, 3.05) is 0 Å². The third-order valence-electron chi connectivity index (χ3n) is 3.27. The molecule has 110 valence electrons. The highest BCUT2D eigenvalue weighted by Crippen LogP contribution is 2.45. The van der Waals surface area contributed by atoms with Crippen molar-refractivity contribution in [3.63, 3.8) is 0 Å². The van der Waals surface area contributed by atoms with Gasteiger partial charge in [-0.15, -0.1) is 0 Å². The quantitative estimate of drug-likeness (QED) is 0.752. The molecule has 1 N–H and O–H groups in total. The normalized spacial score (nSPS) is 34.4. The minimum Gasteiger partial charge on any atom is -0.444 e. The van der Waals surface area contributed by atoms with Gasteiger partial charge in [-0.05, 0) is 33.6 Å². The summed E-state index contributed by atoms with van der Waals surface area (Å²) in [6, 6.07) is -0.974. The van der Waals surface area contributed by atoms with E-state index in [1.54, 1.807) is 20.8 Å². The average molecular weight is 281 g/mol. The minimum absolute atomic E-state index is 0.0887. The summed E-state index contributed by atoms with van der Waals surface area (Å²) in [5, 5.41) is 2.33. The van der Waals surface area contributed by atoms with Gasteiger partial charge in [-0.3, -0.25) is 0 Å². The van der Waals surface area contributed by atoms with Crippen molar-refractivity contribution in [2.45, 2.75) is 63.6 Å². The molecule has 1 heterocycles. The molecule has 0 bridgehead atoms. The molecule has 1 saturated heterocycles. The first kappa shape index (κ1) is 14.4. The summed E-state index contributed by atoms with van der Waals surface area (Å²) in [4.78, 5) is 11.6. The standard InChI is InChI=1S/C12H18F3NO3/c1-11(2,3)19-10(17)16-7-5-9-8(18-9)4-6(7)12(13,14)15/h6-9H,4-5H2,1-3H3,(H,16,17)/t6-,7-,8?,9?/m1/s1. The van der Waals surface area contributed by atoms with Crippen LogP contribution in [0.15, 0.2) is 0 Å². The number of ether oxygens (including phenoxy) is 2. The number of nitrogens with one attached hydrogen (secondary N) is 1. The Morgan fingerprint density at radius 3 is 2.32 bits per heavy atom. The Balaban J connectivity index is 1.98. The van der Waals surface area contributed by atoms with E-state index in [0.717, 1.165) is 0 Å². The molecule has 2 rings (SSSR count). The number of epoxide rings is 1. The first-order chi connectivity index (χ1) is 8.56. The molecular weight excluding hydrogens is 263 g/mol. The van der Waals surface area contributed by atoms with Gasteiger partial charge in [-0.1, -0.05) is 0 Å². The zero-order chi connectivity index (χ0) is 14.4. The molecule has 19 heavy (non-hydrogen) atoms.